The van der Waals surface area contributed by atoms with E-state index in [-0.39, 0.29) is 12.3 Å². The second-order valence-electron chi connectivity index (χ2n) is 3.57. The van der Waals surface area contributed by atoms with Crippen molar-refractivity contribution >= 4 is 27.8 Å². The number of aromatic nitrogens is 1. The molecule has 1 heterocycles. The molecule has 0 aliphatic carbocycles. The Kier molecular flexibility index (Phi) is 5.09. The molecular weight excluding hydrogens is 288 g/mol. The average Bonchev–Trinajstić information content (AvgIpc) is 2.28. The van der Waals surface area contributed by atoms with Gasteiger partial charge in [0.1, 0.15) is 4.60 Å². The summed E-state index contributed by atoms with van der Waals surface area (Å²) in [4.78, 5) is 27.8. The van der Waals surface area contributed by atoms with Gasteiger partial charge in [-0.2, -0.15) is 0 Å². The largest absolute Gasteiger partial charge is 0.481 e. The molecule has 1 amide bonds. The van der Waals surface area contributed by atoms with Gasteiger partial charge in [-0.25, -0.2) is 4.98 Å². The second-order valence-corrected chi connectivity index (χ2v) is 4.32. The fourth-order valence-corrected chi connectivity index (χ4v) is 1.74. The molecule has 0 aliphatic rings. The zero-order valence-electron chi connectivity index (χ0n) is 9.39. The van der Waals surface area contributed by atoms with Gasteiger partial charge in [0.05, 0.1) is 5.56 Å². The smallest absolute Gasteiger partial charge is 0.303 e. The van der Waals surface area contributed by atoms with Gasteiger partial charge in [0.25, 0.3) is 5.91 Å². The van der Waals surface area contributed by atoms with E-state index >= 15 is 0 Å². The van der Waals surface area contributed by atoms with E-state index < -0.39 is 5.97 Å². The Morgan fingerprint density at radius 1 is 1.53 bits per heavy atom. The standard InChI is InChI=1S/C11H13BrN2O3/c1-14(7-3-5-9(15)16)11(17)8-4-2-6-13-10(8)12/h2,4,6H,3,5,7H2,1H3,(H,15,16). The number of rotatable bonds is 5. The van der Waals surface area contributed by atoms with Crippen LogP contribution in [0.2, 0.25) is 0 Å². The molecule has 0 aliphatic heterocycles. The maximum absolute atomic E-state index is 11.9. The minimum absolute atomic E-state index is 0.0613. The van der Waals surface area contributed by atoms with Crippen molar-refractivity contribution in [1.29, 1.82) is 0 Å². The van der Waals surface area contributed by atoms with Crippen molar-refractivity contribution in [1.82, 2.24) is 9.88 Å². The van der Waals surface area contributed by atoms with E-state index in [0.717, 1.165) is 0 Å². The number of carbonyl (C=O) groups is 2. The van der Waals surface area contributed by atoms with Gasteiger partial charge in [-0.15, -0.1) is 0 Å². The molecule has 92 valence electrons. The zero-order valence-corrected chi connectivity index (χ0v) is 11.0. The highest BCUT2D eigenvalue weighted by molar-refractivity contribution is 9.10. The molecule has 0 unspecified atom stereocenters. The van der Waals surface area contributed by atoms with Gasteiger partial charge in [-0.3, -0.25) is 9.59 Å². The maximum Gasteiger partial charge on any atom is 0.303 e. The highest BCUT2D eigenvalue weighted by Gasteiger charge is 2.14. The number of halogens is 1. The molecule has 5 nitrogen and oxygen atoms in total. The van der Waals surface area contributed by atoms with Crippen molar-refractivity contribution in [3.8, 4) is 0 Å². The van der Waals surface area contributed by atoms with Crippen LogP contribution in [0.25, 0.3) is 0 Å². The molecule has 17 heavy (non-hydrogen) atoms. The van der Waals surface area contributed by atoms with E-state index in [2.05, 4.69) is 20.9 Å². The number of nitrogens with zero attached hydrogens (tertiary/aromatic N) is 2. The molecule has 1 aromatic heterocycles. The third kappa shape index (κ3) is 4.14. The Bertz CT molecular complexity index is 423. The Morgan fingerprint density at radius 3 is 2.82 bits per heavy atom. The normalized spacial score (nSPS) is 10.0. The molecule has 0 aromatic carbocycles. The van der Waals surface area contributed by atoms with Crippen LogP contribution >= 0.6 is 15.9 Å². The van der Waals surface area contributed by atoms with Gasteiger partial charge >= 0.3 is 5.97 Å². The first-order chi connectivity index (χ1) is 8.02. The van der Waals surface area contributed by atoms with Crippen molar-refractivity contribution < 1.29 is 14.7 Å². The molecule has 0 spiro atoms. The summed E-state index contributed by atoms with van der Waals surface area (Å²) < 4.78 is 0.495. The molecule has 0 saturated carbocycles. The third-order valence-electron chi connectivity index (χ3n) is 2.22. The monoisotopic (exact) mass is 300 g/mol. The van der Waals surface area contributed by atoms with Crippen molar-refractivity contribution in [3.05, 3.63) is 28.5 Å². The first-order valence-electron chi connectivity index (χ1n) is 5.10. The Balaban J connectivity index is 2.58. The van der Waals surface area contributed by atoms with E-state index in [4.69, 9.17) is 5.11 Å². The summed E-state index contributed by atoms with van der Waals surface area (Å²) in [7, 11) is 1.64. The first-order valence-corrected chi connectivity index (χ1v) is 5.89. The lowest BCUT2D eigenvalue weighted by atomic mass is 10.2. The molecular formula is C11H13BrN2O3. The number of pyridine rings is 1. The number of aliphatic carboxylic acids is 1. The van der Waals surface area contributed by atoms with Crippen LogP contribution in [-0.2, 0) is 4.79 Å². The molecule has 1 rings (SSSR count). The molecule has 0 bridgehead atoms. The molecule has 0 saturated heterocycles. The van der Waals surface area contributed by atoms with Crippen molar-refractivity contribution in [3.63, 3.8) is 0 Å². The first kappa shape index (κ1) is 13.6. The number of carboxylic acids is 1. The number of carbonyl (C=O) groups excluding carboxylic acids is 1. The highest BCUT2D eigenvalue weighted by atomic mass is 79.9. The SMILES string of the molecule is CN(CCCC(=O)O)C(=O)c1cccnc1Br. The van der Waals surface area contributed by atoms with Gasteiger partial charge in [0, 0.05) is 26.2 Å². The lowest BCUT2D eigenvalue weighted by Crippen LogP contribution is -2.28. The van der Waals surface area contributed by atoms with E-state index in [0.29, 0.717) is 23.1 Å². The predicted octanol–water partition coefficient (Wildman–Crippen LogP) is 1.78. The summed E-state index contributed by atoms with van der Waals surface area (Å²) in [5.41, 5.74) is 0.477. The topological polar surface area (TPSA) is 70.5 Å². The Hall–Kier alpha value is -1.43. The summed E-state index contributed by atoms with van der Waals surface area (Å²) in [5.74, 6) is -1.02. The summed E-state index contributed by atoms with van der Waals surface area (Å²) in [6.45, 7) is 0.409. The zero-order chi connectivity index (χ0) is 12.8. The van der Waals surface area contributed by atoms with Gasteiger partial charge in [0.2, 0.25) is 0 Å². The van der Waals surface area contributed by atoms with E-state index in [1.807, 2.05) is 0 Å². The summed E-state index contributed by atoms with van der Waals surface area (Å²) in [6.07, 6.45) is 2.09. The fraction of sp³-hybridized carbons (Fsp3) is 0.364. The van der Waals surface area contributed by atoms with E-state index in [9.17, 15) is 9.59 Å². The van der Waals surface area contributed by atoms with Gasteiger partial charge in [-0.1, -0.05) is 0 Å². The number of amides is 1. The van der Waals surface area contributed by atoms with Gasteiger partial charge < -0.3 is 10.0 Å². The molecule has 1 aromatic rings. The lowest BCUT2D eigenvalue weighted by molar-refractivity contribution is -0.137. The number of hydrogen-bond acceptors (Lipinski definition) is 3. The highest BCUT2D eigenvalue weighted by Crippen LogP contribution is 2.14. The average molecular weight is 301 g/mol. The van der Waals surface area contributed by atoms with Crippen molar-refractivity contribution in [2.45, 2.75) is 12.8 Å². The molecule has 1 N–H and O–H groups in total. The van der Waals surface area contributed by atoms with Gasteiger partial charge in [-0.05, 0) is 34.5 Å². The van der Waals surface area contributed by atoms with Crippen LogP contribution in [0, 0.1) is 0 Å². The van der Waals surface area contributed by atoms with Crippen LogP contribution in [0.4, 0.5) is 0 Å². The van der Waals surface area contributed by atoms with Gasteiger partial charge in [0.15, 0.2) is 0 Å². The summed E-state index contributed by atoms with van der Waals surface area (Å²) in [5, 5.41) is 8.51. The Morgan fingerprint density at radius 2 is 2.24 bits per heavy atom. The predicted molar refractivity (Wildman–Crippen MR) is 65.8 cm³/mol. The lowest BCUT2D eigenvalue weighted by Gasteiger charge is -2.16. The number of carboxylic acid groups (broad SMARTS) is 1. The van der Waals surface area contributed by atoms with Crippen molar-refractivity contribution in [2.75, 3.05) is 13.6 Å². The minimum atomic E-state index is -0.853. The van der Waals surface area contributed by atoms with Crippen LogP contribution in [0.3, 0.4) is 0 Å². The fourth-order valence-electron chi connectivity index (χ4n) is 1.32. The van der Waals surface area contributed by atoms with Crippen LogP contribution in [-0.4, -0.2) is 40.5 Å². The van der Waals surface area contributed by atoms with Crippen LogP contribution in [0.15, 0.2) is 22.9 Å². The summed E-state index contributed by atoms with van der Waals surface area (Å²) >= 11 is 3.20. The quantitative estimate of drug-likeness (QED) is 0.842. The van der Waals surface area contributed by atoms with Crippen LogP contribution in [0.5, 0.6) is 0 Å². The van der Waals surface area contributed by atoms with Crippen LogP contribution < -0.4 is 0 Å². The van der Waals surface area contributed by atoms with E-state index in [1.54, 1.807) is 25.4 Å². The second kappa shape index (κ2) is 6.34. The van der Waals surface area contributed by atoms with Crippen LogP contribution in [0.1, 0.15) is 23.2 Å². The van der Waals surface area contributed by atoms with E-state index in [1.165, 1.54) is 4.90 Å². The third-order valence-corrected chi connectivity index (χ3v) is 2.85. The Labute approximate surface area is 108 Å². The maximum atomic E-state index is 11.9. The molecule has 6 heteroatoms. The summed E-state index contributed by atoms with van der Waals surface area (Å²) in [6, 6.07) is 3.36. The molecule has 0 atom stereocenters. The number of hydrogen-bond donors (Lipinski definition) is 1. The molecule has 0 fully saturated rings. The molecule has 0 radical (unpaired) electrons. The minimum Gasteiger partial charge on any atom is -0.481 e. The van der Waals surface area contributed by atoms with Crippen molar-refractivity contribution in [2.24, 2.45) is 0 Å².